The Balaban J connectivity index is 1.20. The van der Waals surface area contributed by atoms with E-state index in [1.165, 1.54) is 25.3 Å². The van der Waals surface area contributed by atoms with E-state index in [4.69, 9.17) is 28.7 Å². The molecule has 2 aromatic heterocycles. The second-order valence-corrected chi connectivity index (χ2v) is 16.2. The van der Waals surface area contributed by atoms with Gasteiger partial charge < -0.3 is 28.6 Å². The van der Waals surface area contributed by atoms with Crippen LogP contribution in [0.15, 0.2) is 24.3 Å². The van der Waals surface area contributed by atoms with Crippen molar-refractivity contribution >= 4 is 33.6 Å². The predicted octanol–water partition coefficient (Wildman–Crippen LogP) is 6.55. The quantitative estimate of drug-likeness (QED) is 0.151. The lowest BCUT2D eigenvalue weighted by Gasteiger charge is -2.46. The molecule has 7 heterocycles. The summed E-state index contributed by atoms with van der Waals surface area (Å²) in [4.78, 5) is 33.5. The zero-order valence-electron chi connectivity index (χ0n) is 31.0. The topological polar surface area (TPSA) is 112 Å². The average Bonchev–Trinajstić information content (AvgIpc) is 3.75. The maximum atomic E-state index is 17.4. The number of hydrogen-bond donors (Lipinski definition) is 0. The number of benzene rings is 2. The van der Waals surface area contributed by atoms with Crippen molar-refractivity contribution < 1.29 is 46.0 Å². The number of aromatic nitrogens is 3. The molecule has 4 aromatic rings. The van der Waals surface area contributed by atoms with Crippen LogP contribution in [-0.4, -0.2) is 113 Å². The lowest BCUT2D eigenvalue weighted by molar-refractivity contribution is 0.00537. The maximum absolute atomic E-state index is 17.4. The Morgan fingerprint density at radius 3 is 2.65 bits per heavy atom. The number of carbonyl (C=O) groups excluding carboxylic acids is 1. The van der Waals surface area contributed by atoms with E-state index in [9.17, 15) is 13.6 Å². The second-order valence-electron chi connectivity index (χ2n) is 16.2. The molecule has 5 aliphatic rings. The highest BCUT2D eigenvalue weighted by molar-refractivity contribution is 6.02. The van der Waals surface area contributed by atoms with Gasteiger partial charge in [0, 0.05) is 37.6 Å². The van der Waals surface area contributed by atoms with Crippen LogP contribution in [0.2, 0.25) is 0 Å². The number of rotatable bonds is 7. The number of alkyl halides is 1. The van der Waals surface area contributed by atoms with Gasteiger partial charge in [-0.1, -0.05) is 6.07 Å². The van der Waals surface area contributed by atoms with Crippen LogP contribution in [0.3, 0.4) is 0 Å². The zero-order chi connectivity index (χ0) is 38.4. The Bertz CT molecular complexity index is 2210. The van der Waals surface area contributed by atoms with E-state index in [1.807, 2.05) is 25.7 Å². The first kappa shape index (κ1) is 36.0. The number of carbonyl (C=O) groups is 1. The number of anilines is 1. The SMILES string of the molecule is COCOc1cc(-c2nc3c4c(nc(OC[C@]56CCCN5C[C@H](F)C6)nc4c2F)N2C[C@H]4CC[C@@H]([C@@H]2CO3)N4C(=O)OC(C)(C)C)c2c(F)c(F)ccc2c1. The fourth-order valence-corrected chi connectivity index (χ4v) is 9.32. The van der Waals surface area contributed by atoms with Crippen LogP contribution in [0.1, 0.15) is 52.9 Å². The molecule has 0 unspecified atom stereocenters. The second kappa shape index (κ2) is 13.2. The minimum Gasteiger partial charge on any atom is -0.475 e. The summed E-state index contributed by atoms with van der Waals surface area (Å²) in [6.07, 6.45) is 1.92. The number of halogens is 4. The van der Waals surface area contributed by atoms with Crippen LogP contribution in [0.25, 0.3) is 32.9 Å². The molecule has 12 nitrogen and oxygen atoms in total. The predicted molar refractivity (Wildman–Crippen MR) is 193 cm³/mol. The smallest absolute Gasteiger partial charge is 0.410 e. The third-order valence-corrected chi connectivity index (χ3v) is 11.6. The number of piperazine rings is 1. The molecule has 2 bridgehead atoms. The lowest BCUT2D eigenvalue weighted by atomic mass is 9.95. The van der Waals surface area contributed by atoms with Gasteiger partial charge in [-0.25, -0.2) is 27.3 Å². The molecule has 9 rings (SSSR count). The molecule has 5 aliphatic heterocycles. The number of nitrogens with zero attached hydrogens (tertiary/aromatic N) is 6. The first-order valence-corrected chi connectivity index (χ1v) is 18.7. The molecule has 0 N–H and O–H groups in total. The highest BCUT2D eigenvalue weighted by atomic mass is 19.2. The van der Waals surface area contributed by atoms with E-state index in [1.54, 1.807) is 4.90 Å². The van der Waals surface area contributed by atoms with Crippen molar-refractivity contribution in [1.82, 2.24) is 24.8 Å². The van der Waals surface area contributed by atoms with Crippen LogP contribution in [-0.2, 0) is 9.47 Å². The van der Waals surface area contributed by atoms with Gasteiger partial charge >= 0.3 is 12.1 Å². The normalized spacial score (nSPS) is 25.9. The van der Waals surface area contributed by atoms with Crippen LogP contribution >= 0.6 is 0 Å². The van der Waals surface area contributed by atoms with E-state index >= 15 is 8.78 Å². The Labute approximate surface area is 314 Å². The van der Waals surface area contributed by atoms with E-state index in [0.29, 0.717) is 38.2 Å². The van der Waals surface area contributed by atoms with Gasteiger partial charge in [0.1, 0.15) is 53.2 Å². The number of methoxy groups -OCH3 is 1. The molecule has 0 spiro atoms. The molecule has 0 aliphatic carbocycles. The highest BCUT2D eigenvalue weighted by Crippen LogP contribution is 2.47. The van der Waals surface area contributed by atoms with E-state index in [-0.39, 0.29) is 82.7 Å². The molecule has 292 valence electrons. The number of pyridine rings is 1. The van der Waals surface area contributed by atoms with Gasteiger partial charge in [0.15, 0.2) is 24.2 Å². The van der Waals surface area contributed by atoms with Crippen LogP contribution in [0, 0.1) is 17.5 Å². The summed E-state index contributed by atoms with van der Waals surface area (Å²) in [5, 5.41) is 0.197. The minimum atomic E-state index is -1.19. The number of amides is 1. The molecule has 4 fully saturated rings. The summed E-state index contributed by atoms with van der Waals surface area (Å²) >= 11 is 0. The molecule has 2 aromatic carbocycles. The van der Waals surface area contributed by atoms with Crippen LogP contribution in [0.5, 0.6) is 17.6 Å². The monoisotopic (exact) mass is 766 g/mol. The van der Waals surface area contributed by atoms with Crippen molar-refractivity contribution in [1.29, 1.82) is 0 Å². The first-order valence-electron chi connectivity index (χ1n) is 18.7. The van der Waals surface area contributed by atoms with Gasteiger partial charge in [-0.2, -0.15) is 9.97 Å². The Morgan fingerprint density at radius 2 is 1.85 bits per heavy atom. The van der Waals surface area contributed by atoms with Gasteiger partial charge in [0.05, 0.1) is 23.7 Å². The summed E-state index contributed by atoms with van der Waals surface area (Å²) in [5.74, 6) is -2.76. The largest absolute Gasteiger partial charge is 0.475 e. The van der Waals surface area contributed by atoms with Crippen molar-refractivity contribution in [2.75, 3.05) is 51.7 Å². The van der Waals surface area contributed by atoms with Gasteiger partial charge in [-0.15, -0.1) is 0 Å². The molecule has 55 heavy (non-hydrogen) atoms. The molecule has 0 radical (unpaired) electrons. The fourth-order valence-electron chi connectivity index (χ4n) is 9.32. The molecule has 4 saturated heterocycles. The number of fused-ring (bicyclic) bond motifs is 7. The van der Waals surface area contributed by atoms with Gasteiger partial charge in [-0.3, -0.25) is 9.80 Å². The third kappa shape index (κ3) is 6.03. The molecule has 16 heteroatoms. The molecule has 1 amide bonds. The standard InChI is InChI=1S/C39H42F4N6O6/c1-38(2,3)55-37(50)49-22-7-9-26(49)27-17-52-35-29-33(45-36(46-34(29)48(27)16-22)53-18-39-10-5-11-47(39)15-21(40)14-39)31(43)32(44-35)24-13-23(54-19-51-4)12-20-6-8-25(41)30(42)28(20)24/h6,8,12-13,21-22,26-27H,5,7,9-11,14-19H2,1-4H3/t21-,22-,26+,27+,39-/m1/s1. The first-order chi connectivity index (χ1) is 26.3. The minimum absolute atomic E-state index is 0.0214. The maximum Gasteiger partial charge on any atom is 0.410 e. The van der Waals surface area contributed by atoms with Crippen molar-refractivity contribution in [3.63, 3.8) is 0 Å². The highest BCUT2D eigenvalue weighted by Gasteiger charge is 2.52. The van der Waals surface area contributed by atoms with Gasteiger partial charge in [0.2, 0.25) is 5.88 Å². The number of ether oxygens (including phenoxy) is 5. The van der Waals surface area contributed by atoms with Crippen LogP contribution in [0.4, 0.5) is 28.2 Å². The Hall–Kier alpha value is -4.70. The van der Waals surface area contributed by atoms with Gasteiger partial charge in [0.25, 0.3) is 0 Å². The van der Waals surface area contributed by atoms with E-state index in [2.05, 4.69) is 14.9 Å². The summed E-state index contributed by atoms with van der Waals surface area (Å²) in [6.45, 7) is 6.84. The number of hydrogen-bond acceptors (Lipinski definition) is 11. The van der Waals surface area contributed by atoms with Gasteiger partial charge in [-0.05, 0) is 76.6 Å². The Kier molecular flexibility index (Phi) is 8.64. The van der Waals surface area contributed by atoms with Crippen molar-refractivity contribution in [3.05, 3.63) is 41.7 Å². The molecule has 5 atom stereocenters. The lowest BCUT2D eigenvalue weighted by Crippen LogP contribution is -2.63. The fraction of sp³-hybridized carbons (Fsp3) is 0.538. The average molecular weight is 767 g/mol. The van der Waals surface area contributed by atoms with E-state index in [0.717, 1.165) is 25.5 Å². The van der Waals surface area contributed by atoms with E-state index < -0.39 is 46.9 Å². The zero-order valence-corrected chi connectivity index (χ0v) is 31.0. The van der Waals surface area contributed by atoms with Crippen molar-refractivity contribution in [2.45, 2.75) is 88.3 Å². The summed E-state index contributed by atoms with van der Waals surface area (Å²) in [5.41, 5.74) is -1.90. The molecular formula is C39H42F4N6O6. The third-order valence-electron chi connectivity index (χ3n) is 11.6. The molecule has 0 saturated carbocycles. The molecular weight excluding hydrogens is 724 g/mol. The summed E-state index contributed by atoms with van der Waals surface area (Å²) < 4.78 is 91.8. The van der Waals surface area contributed by atoms with Crippen molar-refractivity contribution in [2.24, 2.45) is 0 Å². The Morgan fingerprint density at radius 1 is 1.02 bits per heavy atom. The van der Waals surface area contributed by atoms with Crippen LogP contribution < -0.4 is 19.1 Å². The summed E-state index contributed by atoms with van der Waals surface area (Å²) in [6, 6.07) is 4.09. The summed E-state index contributed by atoms with van der Waals surface area (Å²) in [7, 11) is 1.43. The van der Waals surface area contributed by atoms with Crippen molar-refractivity contribution in [3.8, 4) is 28.9 Å².